The number of amides is 1. The topological polar surface area (TPSA) is 49.6 Å². The fourth-order valence-corrected chi connectivity index (χ4v) is 4.07. The molecule has 1 amide bonds. The molecule has 2 N–H and O–H groups in total. The molecule has 1 saturated carbocycles. The van der Waals surface area contributed by atoms with E-state index in [9.17, 15) is 9.18 Å². The molecule has 1 aliphatic carbocycles. The summed E-state index contributed by atoms with van der Waals surface area (Å²) in [6.07, 6.45) is 4.44. The number of halogens is 1. The SMILES string of the molecule is Cc1c(N)ccc(F)c1CN1CCN(C(=O)C2CCCC2)C(C)C1. The van der Waals surface area contributed by atoms with Gasteiger partial charge in [0.1, 0.15) is 5.82 Å². The molecule has 1 heterocycles. The smallest absolute Gasteiger partial charge is 0.226 e. The van der Waals surface area contributed by atoms with Crippen LogP contribution in [0.3, 0.4) is 0 Å². The summed E-state index contributed by atoms with van der Waals surface area (Å²) in [5, 5.41) is 0. The summed E-state index contributed by atoms with van der Waals surface area (Å²) in [6.45, 7) is 6.83. The molecule has 1 aliphatic heterocycles. The van der Waals surface area contributed by atoms with Crippen LogP contribution in [-0.4, -0.2) is 41.4 Å². The number of carbonyl (C=O) groups is 1. The van der Waals surface area contributed by atoms with Crippen molar-refractivity contribution in [1.29, 1.82) is 0 Å². The largest absolute Gasteiger partial charge is 0.399 e. The third-order valence-corrected chi connectivity index (χ3v) is 5.66. The Hall–Kier alpha value is -1.62. The molecule has 2 fully saturated rings. The number of nitrogens with zero attached hydrogens (tertiary/aromatic N) is 2. The van der Waals surface area contributed by atoms with Gasteiger partial charge in [0.15, 0.2) is 0 Å². The zero-order valence-corrected chi connectivity index (χ0v) is 14.7. The number of piperazine rings is 1. The third-order valence-electron chi connectivity index (χ3n) is 5.66. The second-order valence-electron chi connectivity index (χ2n) is 7.34. The molecule has 0 radical (unpaired) electrons. The van der Waals surface area contributed by atoms with E-state index in [1.165, 1.54) is 18.9 Å². The number of benzene rings is 1. The zero-order chi connectivity index (χ0) is 17.3. The molecular weight excluding hydrogens is 305 g/mol. The van der Waals surface area contributed by atoms with Crippen molar-refractivity contribution in [3.05, 3.63) is 29.1 Å². The van der Waals surface area contributed by atoms with Crippen molar-refractivity contribution in [2.45, 2.75) is 52.1 Å². The van der Waals surface area contributed by atoms with E-state index in [0.29, 0.717) is 23.7 Å². The van der Waals surface area contributed by atoms with E-state index < -0.39 is 0 Å². The van der Waals surface area contributed by atoms with Crippen molar-refractivity contribution in [1.82, 2.24) is 9.80 Å². The molecule has 0 spiro atoms. The Kier molecular flexibility index (Phi) is 5.09. The van der Waals surface area contributed by atoms with Gasteiger partial charge >= 0.3 is 0 Å². The molecule has 2 aliphatic rings. The van der Waals surface area contributed by atoms with Crippen LogP contribution in [-0.2, 0) is 11.3 Å². The molecule has 0 bridgehead atoms. The van der Waals surface area contributed by atoms with E-state index in [2.05, 4.69) is 11.8 Å². The molecule has 1 saturated heterocycles. The van der Waals surface area contributed by atoms with Gasteiger partial charge < -0.3 is 10.6 Å². The molecule has 3 rings (SSSR count). The number of hydrogen-bond acceptors (Lipinski definition) is 3. The maximum absolute atomic E-state index is 14.1. The molecule has 4 nitrogen and oxygen atoms in total. The van der Waals surface area contributed by atoms with Crippen LogP contribution in [0.15, 0.2) is 12.1 Å². The second kappa shape index (κ2) is 7.09. The Labute approximate surface area is 143 Å². The van der Waals surface area contributed by atoms with Crippen LogP contribution in [0.5, 0.6) is 0 Å². The first-order valence-corrected chi connectivity index (χ1v) is 9.03. The van der Waals surface area contributed by atoms with Gasteiger partial charge in [-0.1, -0.05) is 12.8 Å². The van der Waals surface area contributed by atoms with Crippen molar-refractivity contribution in [3.63, 3.8) is 0 Å². The Balaban J connectivity index is 1.63. The summed E-state index contributed by atoms with van der Waals surface area (Å²) in [4.78, 5) is 16.9. The van der Waals surface area contributed by atoms with E-state index in [4.69, 9.17) is 5.73 Å². The van der Waals surface area contributed by atoms with Gasteiger partial charge in [-0.25, -0.2) is 4.39 Å². The van der Waals surface area contributed by atoms with Crippen LogP contribution in [0.2, 0.25) is 0 Å². The molecule has 0 aromatic heterocycles. The molecule has 1 atom stereocenters. The van der Waals surface area contributed by atoms with Gasteiger partial charge in [-0.15, -0.1) is 0 Å². The van der Waals surface area contributed by atoms with Crippen molar-refractivity contribution in [2.24, 2.45) is 5.92 Å². The van der Waals surface area contributed by atoms with E-state index in [1.807, 2.05) is 11.8 Å². The second-order valence-corrected chi connectivity index (χ2v) is 7.34. The first kappa shape index (κ1) is 17.2. The number of carbonyl (C=O) groups excluding carboxylic acids is 1. The minimum atomic E-state index is -0.196. The van der Waals surface area contributed by atoms with Crippen LogP contribution in [0.1, 0.15) is 43.7 Å². The summed E-state index contributed by atoms with van der Waals surface area (Å²) >= 11 is 0. The van der Waals surface area contributed by atoms with Gasteiger partial charge in [0.2, 0.25) is 5.91 Å². The average molecular weight is 333 g/mol. The number of nitrogen functional groups attached to an aromatic ring is 1. The first-order chi connectivity index (χ1) is 11.5. The normalized spacial score (nSPS) is 23.0. The Bertz CT molecular complexity index is 613. The monoisotopic (exact) mass is 333 g/mol. The molecular formula is C19H28FN3O. The summed E-state index contributed by atoms with van der Waals surface area (Å²) in [5.74, 6) is 0.359. The lowest BCUT2D eigenvalue weighted by Crippen LogP contribution is -2.54. The zero-order valence-electron chi connectivity index (χ0n) is 14.7. The van der Waals surface area contributed by atoms with Gasteiger partial charge in [-0.05, 0) is 44.4 Å². The third kappa shape index (κ3) is 3.41. The Morgan fingerprint density at radius 3 is 2.67 bits per heavy atom. The molecule has 1 unspecified atom stereocenters. The first-order valence-electron chi connectivity index (χ1n) is 9.03. The highest BCUT2D eigenvalue weighted by Gasteiger charge is 2.33. The fraction of sp³-hybridized carbons (Fsp3) is 0.632. The lowest BCUT2D eigenvalue weighted by Gasteiger charge is -2.41. The van der Waals surface area contributed by atoms with Gasteiger partial charge in [-0.3, -0.25) is 9.69 Å². The van der Waals surface area contributed by atoms with Crippen LogP contribution >= 0.6 is 0 Å². The fourth-order valence-electron chi connectivity index (χ4n) is 4.07. The summed E-state index contributed by atoms with van der Waals surface area (Å²) in [7, 11) is 0. The Morgan fingerprint density at radius 2 is 2.00 bits per heavy atom. The van der Waals surface area contributed by atoms with Crippen LogP contribution < -0.4 is 5.73 Å². The maximum Gasteiger partial charge on any atom is 0.226 e. The summed E-state index contributed by atoms with van der Waals surface area (Å²) < 4.78 is 14.1. The van der Waals surface area contributed by atoms with E-state index in [-0.39, 0.29) is 17.8 Å². The van der Waals surface area contributed by atoms with E-state index >= 15 is 0 Å². The molecule has 5 heteroatoms. The highest BCUT2D eigenvalue weighted by Crippen LogP contribution is 2.28. The quantitative estimate of drug-likeness (QED) is 0.865. The van der Waals surface area contributed by atoms with Gasteiger partial charge in [0.25, 0.3) is 0 Å². The van der Waals surface area contributed by atoms with Crippen molar-refractivity contribution < 1.29 is 9.18 Å². The van der Waals surface area contributed by atoms with E-state index in [1.54, 1.807) is 6.07 Å². The number of nitrogens with two attached hydrogens (primary N) is 1. The molecule has 132 valence electrons. The lowest BCUT2D eigenvalue weighted by atomic mass is 10.0. The van der Waals surface area contributed by atoms with Crippen molar-refractivity contribution >= 4 is 11.6 Å². The highest BCUT2D eigenvalue weighted by molar-refractivity contribution is 5.79. The van der Waals surface area contributed by atoms with Crippen molar-refractivity contribution in [2.75, 3.05) is 25.4 Å². The molecule has 1 aromatic rings. The number of anilines is 1. The number of hydrogen-bond donors (Lipinski definition) is 1. The minimum absolute atomic E-state index is 0.177. The number of rotatable bonds is 3. The van der Waals surface area contributed by atoms with Crippen LogP contribution in [0, 0.1) is 18.7 Å². The van der Waals surface area contributed by atoms with Gasteiger partial charge in [-0.2, -0.15) is 0 Å². The minimum Gasteiger partial charge on any atom is -0.399 e. The predicted octanol–water partition coefficient (Wildman–Crippen LogP) is 2.94. The summed E-state index contributed by atoms with van der Waals surface area (Å²) in [5.41, 5.74) is 8.05. The van der Waals surface area contributed by atoms with Crippen LogP contribution in [0.4, 0.5) is 10.1 Å². The predicted molar refractivity (Wildman–Crippen MR) is 94.0 cm³/mol. The van der Waals surface area contributed by atoms with Gasteiger partial charge in [0.05, 0.1) is 0 Å². The van der Waals surface area contributed by atoms with E-state index in [0.717, 1.165) is 38.0 Å². The van der Waals surface area contributed by atoms with Crippen LogP contribution in [0.25, 0.3) is 0 Å². The Morgan fingerprint density at radius 1 is 1.29 bits per heavy atom. The standard InChI is InChI=1S/C19H28FN3O/c1-13-11-22(12-16-14(2)18(21)8-7-17(16)20)9-10-23(13)19(24)15-5-3-4-6-15/h7-8,13,15H,3-6,9-12,21H2,1-2H3. The maximum atomic E-state index is 14.1. The summed E-state index contributed by atoms with van der Waals surface area (Å²) in [6, 6.07) is 3.24. The highest BCUT2D eigenvalue weighted by atomic mass is 19.1. The lowest BCUT2D eigenvalue weighted by molar-refractivity contribution is -0.140. The van der Waals surface area contributed by atoms with Gasteiger partial charge in [0, 0.05) is 49.4 Å². The van der Waals surface area contributed by atoms with Crippen molar-refractivity contribution in [3.8, 4) is 0 Å². The molecule has 1 aromatic carbocycles. The average Bonchev–Trinajstić information content (AvgIpc) is 3.09. The molecule has 24 heavy (non-hydrogen) atoms.